The summed E-state index contributed by atoms with van der Waals surface area (Å²) in [6.45, 7) is 0.541. The van der Waals surface area contributed by atoms with Gasteiger partial charge in [0.2, 0.25) is 5.43 Å². The fourth-order valence-corrected chi connectivity index (χ4v) is 4.74. The highest BCUT2D eigenvalue weighted by Gasteiger charge is 2.47. The summed E-state index contributed by atoms with van der Waals surface area (Å²) in [5.41, 5.74) is 0.612. The summed E-state index contributed by atoms with van der Waals surface area (Å²) in [6, 6.07) is 10.4. The van der Waals surface area contributed by atoms with Crippen LogP contribution in [0.5, 0.6) is 11.5 Å². The zero-order valence-electron chi connectivity index (χ0n) is 18.3. The minimum absolute atomic E-state index is 0.168. The zero-order chi connectivity index (χ0) is 25.1. The number of hydrogen-bond acceptors (Lipinski definition) is 5. The van der Waals surface area contributed by atoms with Crippen LogP contribution >= 0.6 is 11.6 Å². The van der Waals surface area contributed by atoms with Crippen LogP contribution in [0.3, 0.4) is 0 Å². The fraction of sp³-hybridized carbons (Fsp3) is 0.250. The first-order chi connectivity index (χ1) is 16.6. The van der Waals surface area contributed by atoms with E-state index in [0.717, 1.165) is 18.6 Å². The van der Waals surface area contributed by atoms with E-state index in [1.807, 2.05) is 18.2 Å². The third kappa shape index (κ3) is 3.68. The second-order valence-electron chi connectivity index (χ2n) is 8.34. The molecule has 0 fully saturated rings. The van der Waals surface area contributed by atoms with E-state index < -0.39 is 47.7 Å². The summed E-state index contributed by atoms with van der Waals surface area (Å²) in [7, 11) is 0. The van der Waals surface area contributed by atoms with Crippen LogP contribution in [0.25, 0.3) is 0 Å². The summed E-state index contributed by atoms with van der Waals surface area (Å²) < 4.78 is 48.5. The molecule has 1 aromatic heterocycles. The predicted octanol–water partition coefficient (Wildman–Crippen LogP) is 4.19. The maximum Gasteiger partial charge on any atom is 0.408 e. The summed E-state index contributed by atoms with van der Waals surface area (Å²) in [4.78, 5) is 25.9. The molecule has 0 radical (unpaired) electrons. The van der Waals surface area contributed by atoms with Crippen LogP contribution in [0, 0.1) is 0 Å². The minimum Gasteiger partial charge on any atom is -0.502 e. The van der Waals surface area contributed by atoms with Gasteiger partial charge in [0.15, 0.2) is 11.4 Å². The van der Waals surface area contributed by atoms with Crippen LogP contribution in [0.15, 0.2) is 59.5 Å². The van der Waals surface area contributed by atoms with Crippen molar-refractivity contribution in [3.63, 3.8) is 0 Å². The van der Waals surface area contributed by atoms with E-state index in [0.29, 0.717) is 26.8 Å². The van der Waals surface area contributed by atoms with E-state index in [-0.39, 0.29) is 6.61 Å². The Morgan fingerprint density at radius 3 is 2.54 bits per heavy atom. The number of fused-ring (bicyclic) bond motifs is 3. The van der Waals surface area contributed by atoms with Crippen molar-refractivity contribution in [3.05, 3.63) is 92.4 Å². The molecular weight excluding hydrogens is 487 g/mol. The number of para-hydroxylation sites is 1. The first-order valence-electron chi connectivity index (χ1n) is 10.7. The molecule has 0 saturated heterocycles. The van der Waals surface area contributed by atoms with Gasteiger partial charge in [-0.2, -0.15) is 13.2 Å². The summed E-state index contributed by atoms with van der Waals surface area (Å²) >= 11 is 6.43. The van der Waals surface area contributed by atoms with E-state index in [1.54, 1.807) is 24.3 Å². The molecule has 0 saturated carbocycles. The number of aromatic hydroxyl groups is 1. The van der Waals surface area contributed by atoms with Crippen LogP contribution in [-0.2, 0) is 6.61 Å². The molecule has 7 nitrogen and oxygen atoms in total. The highest BCUT2D eigenvalue weighted by Crippen LogP contribution is 2.43. The van der Waals surface area contributed by atoms with Crippen molar-refractivity contribution in [2.75, 3.05) is 11.7 Å². The number of carbonyl (C=O) groups excluding carboxylic acids is 1. The zero-order valence-corrected chi connectivity index (χ0v) is 19.0. The summed E-state index contributed by atoms with van der Waals surface area (Å²) in [5, 5.41) is 12.3. The van der Waals surface area contributed by atoms with Crippen molar-refractivity contribution >= 4 is 17.5 Å². The lowest BCUT2D eigenvalue weighted by atomic mass is 9.94. The molecule has 0 bridgehead atoms. The maximum absolute atomic E-state index is 13.7. The maximum atomic E-state index is 13.7. The number of pyridine rings is 1. The van der Waals surface area contributed by atoms with Gasteiger partial charge in [0.25, 0.3) is 5.91 Å². The lowest BCUT2D eigenvalue weighted by molar-refractivity contribution is -0.173. The molecule has 11 heteroatoms. The van der Waals surface area contributed by atoms with Crippen LogP contribution in [-0.4, -0.2) is 39.5 Å². The fourth-order valence-electron chi connectivity index (χ4n) is 4.50. The van der Waals surface area contributed by atoms with E-state index in [1.165, 1.54) is 15.9 Å². The normalized spacial score (nSPS) is 18.2. The molecule has 2 aliphatic rings. The van der Waals surface area contributed by atoms with Gasteiger partial charge in [-0.3, -0.25) is 19.3 Å². The van der Waals surface area contributed by atoms with Crippen molar-refractivity contribution in [3.8, 4) is 11.5 Å². The highest BCUT2D eigenvalue weighted by atomic mass is 35.5. The minimum atomic E-state index is -4.74. The average Bonchev–Trinajstić information content (AvgIpc) is 2.98. The smallest absolute Gasteiger partial charge is 0.408 e. The number of alkyl halides is 3. The number of aromatic nitrogens is 1. The molecule has 1 amide bonds. The monoisotopic (exact) mass is 505 g/mol. The Kier molecular flexibility index (Phi) is 5.43. The van der Waals surface area contributed by atoms with E-state index in [4.69, 9.17) is 16.3 Å². The number of hydrogen-bond donors (Lipinski definition) is 1. The number of carbonyl (C=O) groups is 1. The number of ether oxygens (including phenoxy) is 1. The lowest BCUT2D eigenvalue weighted by Crippen LogP contribution is -2.60. The first kappa shape index (κ1) is 23.1. The number of rotatable bonds is 2. The largest absolute Gasteiger partial charge is 0.502 e. The van der Waals surface area contributed by atoms with E-state index >= 15 is 0 Å². The summed E-state index contributed by atoms with van der Waals surface area (Å²) in [5.74, 6) is -1.67. The quantitative estimate of drug-likeness (QED) is 0.565. The van der Waals surface area contributed by atoms with Crippen molar-refractivity contribution in [2.45, 2.75) is 31.8 Å². The lowest BCUT2D eigenvalue weighted by Gasteiger charge is -2.45. The molecule has 3 aromatic rings. The van der Waals surface area contributed by atoms with Crippen molar-refractivity contribution < 1.29 is 27.8 Å². The van der Waals surface area contributed by atoms with Gasteiger partial charge in [-0.1, -0.05) is 48.0 Å². The molecule has 182 valence electrons. The third-order valence-electron chi connectivity index (χ3n) is 6.34. The second kappa shape index (κ2) is 8.23. The van der Waals surface area contributed by atoms with Gasteiger partial charge in [-0.05, 0) is 24.1 Å². The number of halogens is 4. The predicted molar refractivity (Wildman–Crippen MR) is 121 cm³/mol. The van der Waals surface area contributed by atoms with Crippen LogP contribution in [0.1, 0.15) is 40.1 Å². The van der Waals surface area contributed by atoms with Gasteiger partial charge < -0.3 is 14.7 Å². The molecule has 2 atom stereocenters. The van der Waals surface area contributed by atoms with Gasteiger partial charge in [0, 0.05) is 17.8 Å². The molecule has 2 aromatic carbocycles. The van der Waals surface area contributed by atoms with E-state index in [2.05, 4.69) is 0 Å². The molecule has 2 unspecified atom stereocenters. The van der Waals surface area contributed by atoms with Gasteiger partial charge in [-0.15, -0.1) is 0 Å². The molecular formula is C24H19ClF3N3O4. The molecule has 0 spiro atoms. The molecule has 0 aliphatic carbocycles. The number of amides is 1. The summed E-state index contributed by atoms with van der Waals surface area (Å²) in [6.07, 6.45) is -3.47. The first-order valence-corrected chi connectivity index (χ1v) is 11.1. The van der Waals surface area contributed by atoms with Crippen molar-refractivity contribution in [1.82, 2.24) is 9.58 Å². The highest BCUT2D eigenvalue weighted by molar-refractivity contribution is 6.32. The standard InChI is InChI=1S/C24H19ClF3N3O4/c1-13(24(26,27)28)29-12-31(30-10-9-18(32)21(33)20(30)23(29)34)19-15-6-3-2-5-14(15)11-35-22-16(19)7-4-8-17(22)25/h2-10,13,19,33H,11-12H2,1H3. The third-order valence-corrected chi connectivity index (χ3v) is 6.64. The Bertz CT molecular complexity index is 1390. The molecule has 2 aliphatic heterocycles. The molecule has 1 N–H and O–H groups in total. The Labute approximate surface area is 202 Å². The van der Waals surface area contributed by atoms with Gasteiger partial charge in [0.05, 0.1) is 5.02 Å². The topological polar surface area (TPSA) is 75.0 Å². The van der Waals surface area contributed by atoms with Crippen molar-refractivity contribution in [1.29, 1.82) is 0 Å². The molecule has 5 rings (SSSR count). The SMILES string of the molecule is CC(N1CN(C2c3ccccc3COc3c(Cl)cccc32)n2ccc(=O)c(O)c2C1=O)C(F)(F)F. The second-order valence-corrected chi connectivity index (χ2v) is 8.75. The van der Waals surface area contributed by atoms with Crippen LogP contribution in [0.2, 0.25) is 5.02 Å². The van der Waals surface area contributed by atoms with E-state index in [9.17, 15) is 27.9 Å². The van der Waals surface area contributed by atoms with Crippen LogP contribution < -0.4 is 15.2 Å². The average molecular weight is 506 g/mol. The molecule has 3 heterocycles. The molecule has 35 heavy (non-hydrogen) atoms. The Morgan fingerprint density at radius 1 is 1.09 bits per heavy atom. The Morgan fingerprint density at radius 2 is 1.80 bits per heavy atom. The van der Waals surface area contributed by atoms with Gasteiger partial charge >= 0.3 is 6.18 Å². The number of benzene rings is 2. The van der Waals surface area contributed by atoms with Gasteiger partial charge in [0.1, 0.15) is 31.1 Å². The number of nitrogens with zero attached hydrogens (tertiary/aromatic N) is 3. The van der Waals surface area contributed by atoms with Crippen LogP contribution in [0.4, 0.5) is 13.2 Å². The van der Waals surface area contributed by atoms with Crippen molar-refractivity contribution in [2.24, 2.45) is 0 Å². The Hall–Kier alpha value is -3.66. The Balaban J connectivity index is 1.79. The van der Waals surface area contributed by atoms with Gasteiger partial charge in [-0.25, -0.2) is 0 Å².